The summed E-state index contributed by atoms with van der Waals surface area (Å²) < 4.78 is 12.0. The normalized spacial score (nSPS) is 42.7. The lowest BCUT2D eigenvalue weighted by atomic mass is 9.54. The standard InChI is InChI=1S/C41H63ClO8/c1-23(2)28-19-30(43)26(5)12-10-11-24(3)18-31(44)37-29-17-25(4)13-14-34(42)40(8)16-15-35(50-40)39(7,48)21-33(46)36(29)27(6)20-41(37,22-32(28)45)38(47)49-9/h17,23-24,26,28-29,33-35,37,46,48H,10-16,18-22H2,1-9H3/b25-17+/t24-,26+,28-,29-,33+,34-,35+,37+,39-,40-,41+/m0/s1. The first-order chi connectivity index (χ1) is 23.3. The van der Waals surface area contributed by atoms with E-state index in [9.17, 15) is 29.4 Å². The molecule has 2 aliphatic carbocycles. The number of fused-ring (bicyclic) bond motifs is 5. The van der Waals surface area contributed by atoms with Gasteiger partial charge >= 0.3 is 5.97 Å². The predicted molar refractivity (Wildman–Crippen MR) is 195 cm³/mol. The fourth-order valence-electron chi connectivity index (χ4n) is 9.64. The van der Waals surface area contributed by atoms with E-state index in [1.165, 1.54) is 7.11 Å². The van der Waals surface area contributed by atoms with Crippen LogP contribution in [0.1, 0.15) is 132 Å². The topological polar surface area (TPSA) is 127 Å². The van der Waals surface area contributed by atoms with Crippen LogP contribution in [0.4, 0.5) is 0 Å². The van der Waals surface area contributed by atoms with E-state index >= 15 is 0 Å². The molecule has 2 bridgehead atoms. The number of Topliss-reactive ketones (excluding diaryl/α,β-unsaturated/α-hetero) is 3. The molecule has 2 fully saturated rings. The highest BCUT2D eigenvalue weighted by atomic mass is 35.5. The lowest BCUT2D eigenvalue weighted by Crippen LogP contribution is -2.53. The third kappa shape index (κ3) is 8.50. The van der Waals surface area contributed by atoms with Gasteiger partial charge in [-0.25, -0.2) is 0 Å². The molecule has 4 aliphatic rings. The average molecular weight is 719 g/mol. The third-order valence-electron chi connectivity index (χ3n) is 12.8. The minimum absolute atomic E-state index is 0.0198. The number of methoxy groups -OCH3 is 1. The summed E-state index contributed by atoms with van der Waals surface area (Å²) in [7, 11) is 1.30. The fraction of sp³-hybridized carbons (Fsp3) is 0.805. The number of ketones is 3. The van der Waals surface area contributed by atoms with Crippen molar-refractivity contribution in [2.24, 2.45) is 40.9 Å². The summed E-state index contributed by atoms with van der Waals surface area (Å²) >= 11 is 7.00. The molecule has 50 heavy (non-hydrogen) atoms. The lowest BCUT2D eigenvalue weighted by Gasteiger charge is -2.48. The highest BCUT2D eigenvalue weighted by Crippen LogP contribution is 2.55. The van der Waals surface area contributed by atoms with Crippen LogP contribution >= 0.6 is 11.6 Å². The van der Waals surface area contributed by atoms with Crippen LogP contribution in [0.25, 0.3) is 0 Å². The molecule has 0 radical (unpaired) electrons. The van der Waals surface area contributed by atoms with Crippen molar-refractivity contribution in [3.63, 3.8) is 0 Å². The minimum atomic E-state index is -1.54. The Morgan fingerprint density at radius 2 is 1.68 bits per heavy atom. The summed E-state index contributed by atoms with van der Waals surface area (Å²) in [6.07, 6.45) is 5.09. The van der Waals surface area contributed by atoms with E-state index < -0.39 is 52.5 Å². The van der Waals surface area contributed by atoms with Gasteiger partial charge in [0.2, 0.25) is 0 Å². The Balaban J connectivity index is 1.95. The van der Waals surface area contributed by atoms with Gasteiger partial charge in [-0.2, -0.15) is 0 Å². The predicted octanol–water partition coefficient (Wildman–Crippen LogP) is 7.49. The summed E-state index contributed by atoms with van der Waals surface area (Å²) in [5.74, 6) is -3.61. The highest BCUT2D eigenvalue weighted by Gasteiger charge is 2.59. The van der Waals surface area contributed by atoms with Gasteiger partial charge in [0.15, 0.2) is 0 Å². The van der Waals surface area contributed by atoms with E-state index in [4.69, 9.17) is 21.1 Å². The molecule has 0 spiro atoms. The number of allylic oxidation sites excluding steroid dienone is 3. The van der Waals surface area contributed by atoms with Crippen LogP contribution in [0.2, 0.25) is 0 Å². The van der Waals surface area contributed by atoms with E-state index in [2.05, 4.69) is 0 Å². The smallest absolute Gasteiger partial charge is 0.313 e. The number of alkyl halides is 1. The van der Waals surface area contributed by atoms with E-state index in [-0.39, 0.29) is 72.6 Å². The number of ether oxygens (including phenoxy) is 2. The van der Waals surface area contributed by atoms with Crippen molar-refractivity contribution in [3.05, 3.63) is 22.8 Å². The first-order valence-corrected chi connectivity index (χ1v) is 19.5. The van der Waals surface area contributed by atoms with Crippen LogP contribution in [0.3, 0.4) is 0 Å². The zero-order valence-corrected chi connectivity index (χ0v) is 32.7. The quantitative estimate of drug-likeness (QED) is 0.171. The van der Waals surface area contributed by atoms with Crippen LogP contribution in [0.15, 0.2) is 22.8 Å². The Labute approximate surface area is 305 Å². The van der Waals surface area contributed by atoms with Crippen molar-refractivity contribution in [1.29, 1.82) is 0 Å². The Bertz CT molecular complexity index is 1360. The summed E-state index contributed by atoms with van der Waals surface area (Å²) in [5.41, 5.74) is -1.32. The van der Waals surface area contributed by atoms with E-state index in [0.717, 1.165) is 18.4 Å². The molecular weight excluding hydrogens is 656 g/mol. The second-order valence-corrected chi connectivity index (χ2v) is 17.9. The van der Waals surface area contributed by atoms with Gasteiger partial charge in [0.05, 0.1) is 41.3 Å². The van der Waals surface area contributed by atoms with Crippen LogP contribution in [0.5, 0.6) is 0 Å². The van der Waals surface area contributed by atoms with Gasteiger partial charge < -0.3 is 19.7 Å². The number of halogens is 1. The number of hydrogen-bond donors (Lipinski definition) is 2. The van der Waals surface area contributed by atoms with Crippen molar-refractivity contribution >= 4 is 34.9 Å². The number of rotatable bonds is 2. The molecule has 2 N–H and O–H groups in total. The Morgan fingerprint density at radius 1 is 1.00 bits per heavy atom. The van der Waals surface area contributed by atoms with Crippen LogP contribution in [0, 0.1) is 40.9 Å². The van der Waals surface area contributed by atoms with E-state index in [0.29, 0.717) is 43.3 Å². The first-order valence-electron chi connectivity index (χ1n) is 19.0. The number of aliphatic hydroxyl groups excluding tert-OH is 1. The van der Waals surface area contributed by atoms with Gasteiger partial charge in [0.25, 0.3) is 0 Å². The van der Waals surface area contributed by atoms with E-state index in [1.54, 1.807) is 6.92 Å². The molecular formula is C41H63ClO8. The zero-order chi connectivity index (χ0) is 37.3. The van der Waals surface area contributed by atoms with Crippen molar-refractivity contribution in [3.8, 4) is 0 Å². The van der Waals surface area contributed by atoms with E-state index in [1.807, 2.05) is 54.5 Å². The molecule has 11 atom stereocenters. The molecule has 0 unspecified atom stereocenters. The second kappa shape index (κ2) is 16.0. The molecule has 0 amide bonds. The van der Waals surface area contributed by atoms with Gasteiger partial charge in [-0.3, -0.25) is 19.2 Å². The van der Waals surface area contributed by atoms with Gasteiger partial charge in [0, 0.05) is 49.4 Å². The van der Waals surface area contributed by atoms with Crippen molar-refractivity contribution in [2.45, 2.75) is 161 Å². The summed E-state index contributed by atoms with van der Waals surface area (Å²) in [6.45, 7) is 15.3. The van der Waals surface area contributed by atoms with Gasteiger partial charge in [0.1, 0.15) is 17.3 Å². The molecule has 2 aliphatic heterocycles. The molecule has 282 valence electrons. The number of hydrogen-bond acceptors (Lipinski definition) is 8. The van der Waals surface area contributed by atoms with Crippen LogP contribution < -0.4 is 0 Å². The third-order valence-corrected chi connectivity index (χ3v) is 13.5. The zero-order valence-electron chi connectivity index (χ0n) is 32.0. The van der Waals surface area contributed by atoms with Crippen molar-refractivity contribution in [2.75, 3.05) is 7.11 Å². The minimum Gasteiger partial charge on any atom is -0.469 e. The lowest BCUT2D eigenvalue weighted by molar-refractivity contribution is -0.165. The summed E-state index contributed by atoms with van der Waals surface area (Å²) in [6, 6.07) is 0. The number of carbonyl (C=O) groups excluding carboxylic acids is 4. The fourth-order valence-corrected chi connectivity index (χ4v) is 9.91. The monoisotopic (exact) mass is 718 g/mol. The summed E-state index contributed by atoms with van der Waals surface area (Å²) in [5, 5.41) is 23.7. The number of aliphatic hydroxyl groups is 2. The maximum Gasteiger partial charge on any atom is 0.313 e. The average Bonchev–Trinajstić information content (AvgIpc) is 3.44. The Kier molecular flexibility index (Phi) is 13.1. The van der Waals surface area contributed by atoms with Gasteiger partial charge in [-0.1, -0.05) is 57.8 Å². The SMILES string of the molecule is COC(=O)[C@]12CC(=O)[C@H](C(C)C)CC(=O)[C@H](C)CCC[C@H](C)CC(=O)[C@H]1[C@H]1/C=C(\C)CC[C@H](Cl)[C@]3(C)CC[C@@H](O3)[C@@](C)(O)C[C@@H](O)C1=C(C)C2. The van der Waals surface area contributed by atoms with Crippen molar-refractivity contribution < 1.29 is 38.9 Å². The van der Waals surface area contributed by atoms with Crippen molar-refractivity contribution in [1.82, 2.24) is 0 Å². The molecule has 4 rings (SSSR count). The van der Waals surface area contributed by atoms with Gasteiger partial charge in [-0.15, -0.1) is 11.6 Å². The Hall–Kier alpha value is -1.87. The molecule has 0 aromatic carbocycles. The molecule has 8 nitrogen and oxygen atoms in total. The molecule has 9 heteroatoms. The second-order valence-electron chi connectivity index (χ2n) is 17.4. The van der Waals surface area contributed by atoms with Crippen LogP contribution in [-0.4, -0.2) is 69.4 Å². The van der Waals surface area contributed by atoms with Crippen LogP contribution in [-0.2, 0) is 28.7 Å². The molecule has 2 heterocycles. The molecule has 0 aromatic rings. The molecule has 0 aromatic heterocycles. The maximum atomic E-state index is 14.9. The first kappa shape index (κ1) is 40.9. The molecule has 1 saturated carbocycles. The molecule has 1 saturated heterocycles. The maximum absolute atomic E-state index is 14.9. The Morgan fingerprint density at radius 3 is 2.32 bits per heavy atom. The van der Waals surface area contributed by atoms with Gasteiger partial charge in [-0.05, 0) is 83.6 Å². The highest BCUT2D eigenvalue weighted by molar-refractivity contribution is 6.21. The number of carbonyl (C=O) groups is 4. The number of esters is 1. The summed E-state index contributed by atoms with van der Waals surface area (Å²) in [4.78, 5) is 57.2. The largest absolute Gasteiger partial charge is 0.469 e.